The van der Waals surface area contributed by atoms with Gasteiger partial charge in [0.15, 0.2) is 17.7 Å². The highest BCUT2D eigenvalue weighted by Crippen LogP contribution is 2.29. The van der Waals surface area contributed by atoms with Gasteiger partial charge in [-0.3, -0.25) is 4.57 Å². The summed E-state index contributed by atoms with van der Waals surface area (Å²) in [5, 5.41) is 29.5. The molecule has 0 saturated carbocycles. The maximum absolute atomic E-state index is 10.3. The fraction of sp³-hybridized carbons (Fsp3) is 0.583. The van der Waals surface area contributed by atoms with Gasteiger partial charge in [-0.25, -0.2) is 15.0 Å². The van der Waals surface area contributed by atoms with Crippen LogP contribution in [0.2, 0.25) is 0 Å². The van der Waals surface area contributed by atoms with Crippen LogP contribution in [0.25, 0.3) is 11.2 Å². The Bertz CT molecular complexity index is 633. The summed E-state index contributed by atoms with van der Waals surface area (Å²) in [6.45, 7) is -0.195. The third-order valence-electron chi connectivity index (χ3n) is 3.67. The summed E-state index contributed by atoms with van der Waals surface area (Å²) >= 11 is 0. The normalized spacial score (nSPS) is 30.4. The Labute approximate surface area is 120 Å². The fourth-order valence-corrected chi connectivity index (χ4v) is 2.48. The Balaban J connectivity index is 2.04. The maximum Gasteiger partial charge on any atom is 0.167 e. The monoisotopic (exact) mass is 295 g/mol. The average molecular weight is 295 g/mol. The van der Waals surface area contributed by atoms with Gasteiger partial charge in [-0.2, -0.15) is 0 Å². The maximum atomic E-state index is 10.3. The molecule has 1 aliphatic heterocycles. The van der Waals surface area contributed by atoms with Crippen molar-refractivity contribution >= 4 is 17.0 Å². The van der Waals surface area contributed by atoms with Crippen molar-refractivity contribution in [3.8, 4) is 0 Å². The zero-order chi connectivity index (χ0) is 15.0. The number of aliphatic hydroxyl groups is 3. The lowest BCUT2D eigenvalue weighted by molar-refractivity contribution is -0.136. The van der Waals surface area contributed by atoms with Crippen LogP contribution in [0.5, 0.6) is 0 Å². The number of rotatable bonds is 2. The molecule has 0 spiro atoms. The highest BCUT2D eigenvalue weighted by Gasteiger charge is 2.35. The van der Waals surface area contributed by atoms with Crippen molar-refractivity contribution in [2.45, 2.75) is 37.4 Å². The summed E-state index contributed by atoms with van der Waals surface area (Å²) in [6, 6.07) is 0. The van der Waals surface area contributed by atoms with Crippen LogP contribution in [0.15, 0.2) is 12.7 Å². The first kappa shape index (κ1) is 14.1. The molecule has 0 radical (unpaired) electrons. The van der Waals surface area contributed by atoms with Crippen LogP contribution in [0.3, 0.4) is 0 Å². The molecule has 0 aromatic carbocycles. The largest absolute Gasteiger partial charge is 0.394 e. The van der Waals surface area contributed by atoms with E-state index in [2.05, 4.69) is 15.0 Å². The van der Waals surface area contributed by atoms with Gasteiger partial charge in [0, 0.05) is 0 Å². The quantitative estimate of drug-likeness (QED) is 0.541. The smallest absolute Gasteiger partial charge is 0.167 e. The molecule has 1 fully saturated rings. The van der Waals surface area contributed by atoms with E-state index in [1.807, 2.05) is 0 Å². The van der Waals surface area contributed by atoms with Crippen molar-refractivity contribution in [2.75, 3.05) is 12.3 Å². The summed E-state index contributed by atoms with van der Waals surface area (Å²) in [5.41, 5.74) is 6.52. The third kappa shape index (κ3) is 2.44. The Morgan fingerprint density at radius 1 is 1.29 bits per heavy atom. The van der Waals surface area contributed by atoms with Crippen LogP contribution < -0.4 is 5.73 Å². The molecule has 2 aromatic heterocycles. The molecule has 9 nitrogen and oxygen atoms in total. The zero-order valence-electron chi connectivity index (χ0n) is 11.2. The number of fused-ring (bicyclic) bond motifs is 1. The van der Waals surface area contributed by atoms with Gasteiger partial charge in [0.05, 0.1) is 25.1 Å². The van der Waals surface area contributed by atoms with Gasteiger partial charge in [-0.15, -0.1) is 0 Å². The molecule has 5 N–H and O–H groups in total. The Morgan fingerprint density at radius 2 is 2.10 bits per heavy atom. The fourth-order valence-electron chi connectivity index (χ4n) is 2.48. The molecule has 1 aliphatic rings. The van der Waals surface area contributed by atoms with Gasteiger partial charge < -0.3 is 25.8 Å². The van der Waals surface area contributed by atoms with Crippen LogP contribution in [-0.4, -0.2) is 59.8 Å². The SMILES string of the molecule is Nc1ncnc2c1ncn2[C@@H]1O[C@H](CO)CC[C@@H](O)[C@H]1O. The molecule has 1 saturated heterocycles. The van der Waals surface area contributed by atoms with Crippen LogP contribution >= 0.6 is 0 Å². The van der Waals surface area contributed by atoms with Crippen LogP contribution in [-0.2, 0) is 4.74 Å². The van der Waals surface area contributed by atoms with Gasteiger partial charge in [-0.05, 0) is 12.8 Å². The number of anilines is 1. The lowest BCUT2D eigenvalue weighted by atomic mass is 10.1. The predicted molar refractivity (Wildman–Crippen MR) is 72.0 cm³/mol. The minimum Gasteiger partial charge on any atom is -0.394 e. The number of hydrogen-bond donors (Lipinski definition) is 4. The average Bonchev–Trinajstić information content (AvgIpc) is 2.86. The second-order valence-electron chi connectivity index (χ2n) is 5.05. The number of ether oxygens (including phenoxy) is 1. The molecule has 4 atom stereocenters. The molecule has 0 unspecified atom stereocenters. The number of nitrogen functional groups attached to an aromatic ring is 1. The highest BCUT2D eigenvalue weighted by molar-refractivity contribution is 5.81. The Kier molecular flexibility index (Phi) is 3.72. The molecule has 3 heterocycles. The van der Waals surface area contributed by atoms with Gasteiger partial charge in [0.1, 0.15) is 17.9 Å². The molecule has 9 heteroatoms. The summed E-state index contributed by atoms with van der Waals surface area (Å²) < 4.78 is 7.19. The zero-order valence-corrected chi connectivity index (χ0v) is 11.2. The van der Waals surface area contributed by atoms with E-state index >= 15 is 0 Å². The van der Waals surface area contributed by atoms with E-state index in [1.165, 1.54) is 17.2 Å². The second-order valence-corrected chi connectivity index (χ2v) is 5.05. The topological polar surface area (TPSA) is 140 Å². The third-order valence-corrected chi connectivity index (χ3v) is 3.67. The van der Waals surface area contributed by atoms with E-state index in [4.69, 9.17) is 10.5 Å². The molecule has 0 bridgehead atoms. The number of aromatic nitrogens is 4. The van der Waals surface area contributed by atoms with Crippen molar-refractivity contribution < 1.29 is 20.1 Å². The lowest BCUT2D eigenvalue weighted by Crippen LogP contribution is -2.35. The van der Waals surface area contributed by atoms with Crippen molar-refractivity contribution in [3.05, 3.63) is 12.7 Å². The Hall–Kier alpha value is -1.81. The molecule has 3 rings (SSSR count). The summed E-state index contributed by atoms with van der Waals surface area (Å²) in [4.78, 5) is 12.1. The minimum atomic E-state index is -1.16. The van der Waals surface area contributed by atoms with Crippen LogP contribution in [0.1, 0.15) is 19.1 Å². The molecule has 0 aliphatic carbocycles. The highest BCUT2D eigenvalue weighted by atomic mass is 16.5. The first-order valence-corrected chi connectivity index (χ1v) is 6.67. The van der Waals surface area contributed by atoms with Gasteiger partial charge in [-0.1, -0.05) is 0 Å². The van der Waals surface area contributed by atoms with Crippen molar-refractivity contribution in [1.29, 1.82) is 0 Å². The summed E-state index contributed by atoms with van der Waals surface area (Å²) in [6.07, 6.45) is 0.0204. The van der Waals surface area contributed by atoms with Crippen LogP contribution in [0.4, 0.5) is 5.82 Å². The number of imidazole rings is 1. The summed E-state index contributed by atoms with van der Waals surface area (Å²) in [7, 11) is 0. The van der Waals surface area contributed by atoms with E-state index < -0.39 is 24.5 Å². The molecule has 0 amide bonds. The van der Waals surface area contributed by atoms with E-state index in [0.717, 1.165) is 0 Å². The standard InChI is InChI=1S/C12H17N5O4/c13-10-8-11(15-4-14-10)17(5-16-8)12-9(20)7(19)2-1-6(3-18)21-12/h4-7,9,12,18-20H,1-3H2,(H2,13,14,15)/t6-,7+,9+,12+/m0/s1. The predicted octanol–water partition coefficient (Wildman–Crippen LogP) is -1.20. The van der Waals surface area contributed by atoms with Gasteiger partial charge >= 0.3 is 0 Å². The molecule has 21 heavy (non-hydrogen) atoms. The van der Waals surface area contributed by atoms with Crippen molar-refractivity contribution in [1.82, 2.24) is 19.5 Å². The first-order chi connectivity index (χ1) is 10.1. The minimum absolute atomic E-state index is 0.195. The van der Waals surface area contributed by atoms with Gasteiger partial charge in [0.2, 0.25) is 0 Å². The number of nitrogens with two attached hydrogens (primary N) is 1. The van der Waals surface area contributed by atoms with Crippen molar-refractivity contribution in [2.24, 2.45) is 0 Å². The van der Waals surface area contributed by atoms with Crippen LogP contribution in [0, 0.1) is 0 Å². The second kappa shape index (κ2) is 5.53. The van der Waals surface area contributed by atoms with Crippen molar-refractivity contribution in [3.63, 3.8) is 0 Å². The van der Waals surface area contributed by atoms with E-state index in [1.54, 1.807) is 0 Å². The molecule has 114 valence electrons. The summed E-state index contributed by atoms with van der Waals surface area (Å²) in [5.74, 6) is 0.223. The van der Waals surface area contributed by atoms with E-state index in [9.17, 15) is 15.3 Å². The first-order valence-electron chi connectivity index (χ1n) is 6.67. The number of hydrogen-bond acceptors (Lipinski definition) is 8. The number of nitrogens with zero attached hydrogens (tertiary/aromatic N) is 4. The van der Waals surface area contributed by atoms with Gasteiger partial charge in [0.25, 0.3) is 0 Å². The molecule has 2 aromatic rings. The number of aliphatic hydroxyl groups excluding tert-OH is 3. The molecular weight excluding hydrogens is 278 g/mol. The van der Waals surface area contributed by atoms with E-state index in [0.29, 0.717) is 24.0 Å². The Morgan fingerprint density at radius 3 is 2.86 bits per heavy atom. The lowest BCUT2D eigenvalue weighted by Gasteiger charge is -2.26. The molecular formula is C12H17N5O4. The van der Waals surface area contributed by atoms with E-state index in [-0.39, 0.29) is 12.4 Å².